The van der Waals surface area contributed by atoms with E-state index in [1.165, 1.54) is 6.08 Å². The molecule has 0 aliphatic rings. The van der Waals surface area contributed by atoms with E-state index in [9.17, 15) is 4.79 Å². The maximum atomic E-state index is 11.2. The van der Waals surface area contributed by atoms with Crippen molar-refractivity contribution in [3.8, 4) is 0 Å². The highest BCUT2D eigenvalue weighted by Gasteiger charge is 2.07. The van der Waals surface area contributed by atoms with Crippen LogP contribution in [0.5, 0.6) is 0 Å². The second-order valence-corrected chi connectivity index (χ2v) is 3.43. The summed E-state index contributed by atoms with van der Waals surface area (Å²) >= 11 is 0. The highest BCUT2D eigenvalue weighted by molar-refractivity contribution is 5.99. The summed E-state index contributed by atoms with van der Waals surface area (Å²) < 4.78 is 0. The monoisotopic (exact) mass is 204 g/mol. The Kier molecular flexibility index (Phi) is 3.63. The van der Waals surface area contributed by atoms with E-state index in [-0.39, 0.29) is 5.91 Å². The fraction of sp³-hybridized carbons (Fsp3) is 0.250. The molecule has 0 bridgehead atoms. The van der Waals surface area contributed by atoms with Gasteiger partial charge in [-0.05, 0) is 42.7 Å². The summed E-state index contributed by atoms with van der Waals surface area (Å²) in [7, 11) is 0. The summed E-state index contributed by atoms with van der Waals surface area (Å²) in [6, 6.07) is 3.83. The number of amides is 1. The topological polar surface area (TPSA) is 55.1 Å². The third-order valence-corrected chi connectivity index (χ3v) is 2.48. The molecule has 3 heteroatoms. The molecule has 3 N–H and O–H groups in total. The fourth-order valence-corrected chi connectivity index (χ4v) is 1.53. The van der Waals surface area contributed by atoms with Gasteiger partial charge in [-0.1, -0.05) is 12.6 Å². The third kappa shape index (κ3) is 2.44. The minimum atomic E-state index is -0.204. The molecule has 0 aliphatic heterocycles. The van der Waals surface area contributed by atoms with Crippen LogP contribution in [0.3, 0.4) is 0 Å². The molecular formula is C12H16N2O. The maximum absolute atomic E-state index is 11.2. The van der Waals surface area contributed by atoms with Crippen molar-refractivity contribution in [1.82, 2.24) is 0 Å². The molecule has 0 fully saturated rings. The molecule has 80 valence electrons. The SMILES string of the molecule is C=CC(=O)Nc1ccc(C)c(CN)c1C. The zero-order chi connectivity index (χ0) is 11.4. The molecule has 1 aromatic rings. The number of nitrogens with one attached hydrogen (secondary N) is 1. The standard InChI is InChI=1S/C12H16N2O/c1-4-12(15)14-11-6-5-8(2)10(7-13)9(11)3/h4-6H,1,7,13H2,2-3H3,(H,14,15). The van der Waals surface area contributed by atoms with Gasteiger partial charge in [0.15, 0.2) is 0 Å². The van der Waals surface area contributed by atoms with Crippen molar-refractivity contribution in [3.05, 3.63) is 41.5 Å². The van der Waals surface area contributed by atoms with Crippen LogP contribution in [-0.2, 0) is 11.3 Å². The molecule has 1 amide bonds. The third-order valence-electron chi connectivity index (χ3n) is 2.48. The normalized spacial score (nSPS) is 9.80. The number of hydrogen-bond acceptors (Lipinski definition) is 2. The van der Waals surface area contributed by atoms with Gasteiger partial charge in [-0.15, -0.1) is 0 Å². The largest absolute Gasteiger partial charge is 0.326 e. The van der Waals surface area contributed by atoms with Gasteiger partial charge >= 0.3 is 0 Å². The van der Waals surface area contributed by atoms with E-state index >= 15 is 0 Å². The Labute approximate surface area is 90.0 Å². The van der Waals surface area contributed by atoms with Crippen molar-refractivity contribution < 1.29 is 4.79 Å². The van der Waals surface area contributed by atoms with E-state index in [1.54, 1.807) is 0 Å². The molecule has 3 nitrogen and oxygen atoms in total. The van der Waals surface area contributed by atoms with E-state index < -0.39 is 0 Å². The summed E-state index contributed by atoms with van der Waals surface area (Å²) in [5, 5.41) is 2.75. The van der Waals surface area contributed by atoms with Crippen LogP contribution in [0.1, 0.15) is 16.7 Å². The van der Waals surface area contributed by atoms with Gasteiger partial charge in [0, 0.05) is 12.2 Å². The first-order valence-corrected chi connectivity index (χ1v) is 4.82. The van der Waals surface area contributed by atoms with E-state index in [4.69, 9.17) is 5.73 Å². The summed E-state index contributed by atoms with van der Waals surface area (Å²) in [6.45, 7) is 7.85. The molecule has 0 radical (unpaired) electrons. The average molecular weight is 204 g/mol. The van der Waals surface area contributed by atoms with Gasteiger partial charge in [-0.2, -0.15) is 0 Å². The van der Waals surface area contributed by atoms with Gasteiger partial charge in [-0.25, -0.2) is 0 Å². The van der Waals surface area contributed by atoms with Crippen LogP contribution in [-0.4, -0.2) is 5.91 Å². The lowest BCUT2D eigenvalue weighted by Gasteiger charge is -2.12. The predicted molar refractivity (Wildman–Crippen MR) is 62.6 cm³/mol. The van der Waals surface area contributed by atoms with Crippen molar-refractivity contribution in [2.75, 3.05) is 5.32 Å². The molecule has 0 saturated carbocycles. The quantitative estimate of drug-likeness (QED) is 0.739. The van der Waals surface area contributed by atoms with Crippen LogP contribution >= 0.6 is 0 Å². The van der Waals surface area contributed by atoms with Crippen molar-refractivity contribution in [2.24, 2.45) is 5.73 Å². The van der Waals surface area contributed by atoms with E-state index in [2.05, 4.69) is 11.9 Å². The van der Waals surface area contributed by atoms with E-state index in [1.807, 2.05) is 26.0 Å². The molecule has 0 atom stereocenters. The first kappa shape index (κ1) is 11.5. The smallest absolute Gasteiger partial charge is 0.247 e. The zero-order valence-corrected chi connectivity index (χ0v) is 9.13. The Morgan fingerprint density at radius 3 is 2.73 bits per heavy atom. The molecule has 0 heterocycles. The zero-order valence-electron chi connectivity index (χ0n) is 9.13. The Hall–Kier alpha value is -1.61. The lowest BCUT2D eigenvalue weighted by molar-refractivity contribution is -0.111. The molecule has 0 aromatic heterocycles. The molecular weight excluding hydrogens is 188 g/mol. The van der Waals surface area contributed by atoms with Gasteiger partial charge < -0.3 is 11.1 Å². The van der Waals surface area contributed by atoms with Crippen LogP contribution in [0, 0.1) is 13.8 Å². The van der Waals surface area contributed by atoms with Gasteiger partial charge in [-0.3, -0.25) is 4.79 Å². The maximum Gasteiger partial charge on any atom is 0.247 e. The number of hydrogen-bond donors (Lipinski definition) is 2. The lowest BCUT2D eigenvalue weighted by Crippen LogP contribution is -2.11. The summed E-state index contributed by atoms with van der Waals surface area (Å²) in [6.07, 6.45) is 1.25. The molecule has 0 spiro atoms. The molecule has 0 unspecified atom stereocenters. The molecule has 1 rings (SSSR count). The van der Waals surface area contributed by atoms with Crippen molar-refractivity contribution >= 4 is 11.6 Å². The first-order chi connectivity index (χ1) is 7.10. The number of anilines is 1. The van der Waals surface area contributed by atoms with Crippen LogP contribution < -0.4 is 11.1 Å². The summed E-state index contributed by atoms with van der Waals surface area (Å²) in [5.74, 6) is -0.204. The number of aryl methyl sites for hydroxylation is 1. The lowest BCUT2D eigenvalue weighted by atomic mass is 10.0. The Morgan fingerprint density at radius 1 is 1.53 bits per heavy atom. The van der Waals surface area contributed by atoms with Crippen LogP contribution in [0.2, 0.25) is 0 Å². The van der Waals surface area contributed by atoms with Gasteiger partial charge in [0.2, 0.25) is 5.91 Å². The minimum absolute atomic E-state index is 0.204. The van der Waals surface area contributed by atoms with Gasteiger partial charge in [0.05, 0.1) is 0 Å². The van der Waals surface area contributed by atoms with Crippen molar-refractivity contribution in [2.45, 2.75) is 20.4 Å². The number of carbonyl (C=O) groups is 1. The van der Waals surface area contributed by atoms with E-state index in [0.717, 1.165) is 22.4 Å². The number of benzene rings is 1. The Bertz CT molecular complexity index is 397. The van der Waals surface area contributed by atoms with Gasteiger partial charge in [0.25, 0.3) is 0 Å². The van der Waals surface area contributed by atoms with E-state index in [0.29, 0.717) is 6.54 Å². The van der Waals surface area contributed by atoms with Crippen molar-refractivity contribution in [3.63, 3.8) is 0 Å². The number of rotatable bonds is 3. The Morgan fingerprint density at radius 2 is 2.20 bits per heavy atom. The van der Waals surface area contributed by atoms with Crippen molar-refractivity contribution in [1.29, 1.82) is 0 Å². The number of nitrogens with two attached hydrogens (primary N) is 1. The molecule has 15 heavy (non-hydrogen) atoms. The van der Waals surface area contributed by atoms with Gasteiger partial charge in [0.1, 0.15) is 0 Å². The second-order valence-electron chi connectivity index (χ2n) is 3.43. The molecule has 0 aliphatic carbocycles. The summed E-state index contributed by atoms with van der Waals surface area (Å²) in [5.41, 5.74) is 9.69. The first-order valence-electron chi connectivity index (χ1n) is 4.82. The second kappa shape index (κ2) is 4.75. The van der Waals surface area contributed by atoms with Crippen LogP contribution in [0.4, 0.5) is 5.69 Å². The van der Waals surface area contributed by atoms with Crippen LogP contribution in [0.25, 0.3) is 0 Å². The van der Waals surface area contributed by atoms with Crippen LogP contribution in [0.15, 0.2) is 24.8 Å². The average Bonchev–Trinajstić information content (AvgIpc) is 2.23. The highest BCUT2D eigenvalue weighted by Crippen LogP contribution is 2.21. The molecule has 0 saturated heterocycles. The highest BCUT2D eigenvalue weighted by atomic mass is 16.1. The molecule has 1 aromatic carbocycles. The summed E-state index contributed by atoms with van der Waals surface area (Å²) in [4.78, 5) is 11.2. The Balaban J connectivity index is 3.10. The minimum Gasteiger partial charge on any atom is -0.326 e. The number of carbonyl (C=O) groups excluding carboxylic acids is 1. The fourth-order valence-electron chi connectivity index (χ4n) is 1.53. The predicted octanol–water partition coefficient (Wildman–Crippen LogP) is 1.89.